The summed E-state index contributed by atoms with van der Waals surface area (Å²) in [4.78, 5) is 14.2. The van der Waals surface area contributed by atoms with Gasteiger partial charge in [0.1, 0.15) is 13.2 Å². The number of likely N-dealkylation sites (tertiary alicyclic amines) is 1. The molecule has 1 fully saturated rings. The topological polar surface area (TPSA) is 50.8 Å². The first kappa shape index (κ1) is 14.0. The van der Waals surface area contributed by atoms with E-state index in [1.165, 1.54) is 6.42 Å². The van der Waals surface area contributed by atoms with Crippen molar-refractivity contribution in [2.75, 3.05) is 38.2 Å². The zero-order valence-electron chi connectivity index (χ0n) is 12.4. The summed E-state index contributed by atoms with van der Waals surface area (Å²) in [5.41, 5.74) is 0.887. The summed E-state index contributed by atoms with van der Waals surface area (Å²) in [6, 6.07) is 5.69. The molecule has 0 unspecified atom stereocenters. The van der Waals surface area contributed by atoms with Gasteiger partial charge in [-0.25, -0.2) is 0 Å². The van der Waals surface area contributed by atoms with Crippen molar-refractivity contribution >= 4 is 11.6 Å². The van der Waals surface area contributed by atoms with Gasteiger partial charge in [-0.3, -0.25) is 4.79 Å². The molecule has 21 heavy (non-hydrogen) atoms. The summed E-state index contributed by atoms with van der Waals surface area (Å²) in [5.74, 6) is 2.28. The van der Waals surface area contributed by atoms with Crippen molar-refractivity contribution in [1.29, 1.82) is 0 Å². The molecular weight excluding hydrogens is 268 g/mol. The molecule has 3 rings (SSSR count). The van der Waals surface area contributed by atoms with Crippen molar-refractivity contribution in [1.82, 2.24) is 4.90 Å². The Bertz CT molecular complexity index is 518. The Balaban J connectivity index is 1.56. The Hall–Kier alpha value is -1.91. The molecule has 2 aliphatic rings. The van der Waals surface area contributed by atoms with Crippen LogP contribution in [0.1, 0.15) is 19.8 Å². The number of benzene rings is 1. The van der Waals surface area contributed by atoms with Gasteiger partial charge in [-0.1, -0.05) is 6.92 Å². The van der Waals surface area contributed by atoms with E-state index in [0.717, 1.165) is 36.7 Å². The SMILES string of the molecule is C[C@@H]1CCCN(C(=O)CNc2ccc3c(c2)OCCO3)C1. The number of piperidine rings is 1. The number of rotatable bonds is 3. The second-order valence-corrected chi connectivity index (χ2v) is 5.80. The second kappa shape index (κ2) is 6.24. The Morgan fingerprint density at radius 2 is 2.14 bits per heavy atom. The van der Waals surface area contributed by atoms with Gasteiger partial charge in [0.25, 0.3) is 0 Å². The highest BCUT2D eigenvalue weighted by Crippen LogP contribution is 2.32. The van der Waals surface area contributed by atoms with Gasteiger partial charge in [0.05, 0.1) is 6.54 Å². The van der Waals surface area contributed by atoms with Crippen molar-refractivity contribution < 1.29 is 14.3 Å². The first-order chi connectivity index (χ1) is 10.2. The van der Waals surface area contributed by atoms with E-state index in [9.17, 15) is 4.79 Å². The molecule has 2 heterocycles. The van der Waals surface area contributed by atoms with Crippen LogP contribution >= 0.6 is 0 Å². The number of carbonyl (C=O) groups is 1. The van der Waals surface area contributed by atoms with Crippen LogP contribution in [0.2, 0.25) is 0 Å². The molecule has 1 aromatic rings. The molecule has 0 spiro atoms. The number of ether oxygens (including phenoxy) is 2. The lowest BCUT2D eigenvalue weighted by molar-refractivity contribution is -0.130. The fourth-order valence-electron chi connectivity index (χ4n) is 2.86. The van der Waals surface area contributed by atoms with Gasteiger partial charge in [0.2, 0.25) is 5.91 Å². The van der Waals surface area contributed by atoms with Crippen LogP contribution < -0.4 is 14.8 Å². The fraction of sp³-hybridized carbons (Fsp3) is 0.562. The fourth-order valence-corrected chi connectivity index (χ4v) is 2.86. The van der Waals surface area contributed by atoms with E-state index in [1.54, 1.807) is 0 Å². The molecule has 0 bridgehead atoms. The van der Waals surface area contributed by atoms with Crippen LogP contribution in [0.5, 0.6) is 11.5 Å². The third-order valence-corrected chi connectivity index (χ3v) is 4.00. The number of amides is 1. The van der Waals surface area contributed by atoms with Gasteiger partial charge in [-0.15, -0.1) is 0 Å². The minimum absolute atomic E-state index is 0.163. The molecule has 1 amide bonds. The van der Waals surface area contributed by atoms with Crippen LogP contribution in [0.15, 0.2) is 18.2 Å². The summed E-state index contributed by atoms with van der Waals surface area (Å²) >= 11 is 0. The summed E-state index contributed by atoms with van der Waals surface area (Å²) in [6.07, 6.45) is 2.33. The second-order valence-electron chi connectivity index (χ2n) is 5.80. The highest BCUT2D eigenvalue weighted by Gasteiger charge is 2.20. The number of hydrogen-bond donors (Lipinski definition) is 1. The Morgan fingerprint density at radius 1 is 1.33 bits per heavy atom. The molecule has 0 aromatic heterocycles. The quantitative estimate of drug-likeness (QED) is 0.926. The minimum Gasteiger partial charge on any atom is -0.486 e. The van der Waals surface area contributed by atoms with Crippen molar-refractivity contribution in [3.05, 3.63) is 18.2 Å². The molecule has 1 saturated heterocycles. The van der Waals surface area contributed by atoms with E-state index >= 15 is 0 Å². The normalized spacial score (nSPS) is 21.0. The van der Waals surface area contributed by atoms with Crippen LogP contribution in [-0.4, -0.2) is 43.7 Å². The van der Waals surface area contributed by atoms with Gasteiger partial charge < -0.3 is 19.7 Å². The molecule has 5 heteroatoms. The number of nitrogens with zero attached hydrogens (tertiary/aromatic N) is 1. The van der Waals surface area contributed by atoms with E-state index in [-0.39, 0.29) is 5.91 Å². The van der Waals surface area contributed by atoms with Crippen molar-refractivity contribution in [3.63, 3.8) is 0 Å². The number of carbonyl (C=O) groups excluding carboxylic acids is 1. The van der Waals surface area contributed by atoms with E-state index in [2.05, 4.69) is 12.2 Å². The molecule has 1 N–H and O–H groups in total. The van der Waals surface area contributed by atoms with Crippen LogP contribution in [0.3, 0.4) is 0 Å². The maximum Gasteiger partial charge on any atom is 0.241 e. The van der Waals surface area contributed by atoms with Gasteiger partial charge >= 0.3 is 0 Å². The maximum atomic E-state index is 12.2. The number of nitrogens with one attached hydrogen (secondary N) is 1. The number of hydrogen-bond acceptors (Lipinski definition) is 4. The Kier molecular flexibility index (Phi) is 4.18. The zero-order valence-corrected chi connectivity index (χ0v) is 12.4. The predicted octanol–water partition coefficient (Wildman–Crippen LogP) is 2.13. The summed E-state index contributed by atoms with van der Waals surface area (Å²) in [7, 11) is 0. The molecular formula is C16H22N2O3. The molecule has 1 atom stereocenters. The van der Waals surface area contributed by atoms with Crippen molar-refractivity contribution in [2.24, 2.45) is 5.92 Å². The third-order valence-electron chi connectivity index (χ3n) is 4.00. The first-order valence-corrected chi connectivity index (χ1v) is 7.63. The van der Waals surface area contributed by atoms with E-state index in [1.807, 2.05) is 23.1 Å². The van der Waals surface area contributed by atoms with Crippen molar-refractivity contribution in [2.45, 2.75) is 19.8 Å². The van der Waals surface area contributed by atoms with Crippen LogP contribution in [0, 0.1) is 5.92 Å². The van der Waals surface area contributed by atoms with E-state index in [0.29, 0.717) is 25.7 Å². The highest BCUT2D eigenvalue weighted by molar-refractivity contribution is 5.81. The van der Waals surface area contributed by atoms with Crippen molar-refractivity contribution in [3.8, 4) is 11.5 Å². The van der Waals surface area contributed by atoms with E-state index < -0.39 is 0 Å². The zero-order chi connectivity index (χ0) is 14.7. The van der Waals surface area contributed by atoms with Crippen LogP contribution in [0.4, 0.5) is 5.69 Å². The van der Waals surface area contributed by atoms with Gasteiger partial charge in [-0.2, -0.15) is 0 Å². The van der Waals surface area contributed by atoms with Gasteiger partial charge in [-0.05, 0) is 30.9 Å². The van der Waals surface area contributed by atoms with Gasteiger partial charge in [0.15, 0.2) is 11.5 Å². The molecule has 0 aliphatic carbocycles. The summed E-state index contributed by atoms with van der Waals surface area (Å²) in [6.45, 7) is 5.44. The largest absolute Gasteiger partial charge is 0.486 e. The number of anilines is 1. The number of fused-ring (bicyclic) bond motifs is 1. The average molecular weight is 290 g/mol. The maximum absolute atomic E-state index is 12.2. The minimum atomic E-state index is 0.163. The van der Waals surface area contributed by atoms with E-state index in [4.69, 9.17) is 9.47 Å². The summed E-state index contributed by atoms with van der Waals surface area (Å²) < 4.78 is 11.0. The van der Waals surface area contributed by atoms with Gasteiger partial charge in [0, 0.05) is 24.8 Å². The lowest BCUT2D eigenvalue weighted by Crippen LogP contribution is -2.41. The summed E-state index contributed by atoms with van der Waals surface area (Å²) in [5, 5.41) is 3.18. The Morgan fingerprint density at radius 3 is 2.95 bits per heavy atom. The molecule has 5 nitrogen and oxygen atoms in total. The highest BCUT2D eigenvalue weighted by atomic mass is 16.6. The Labute approximate surface area is 125 Å². The lowest BCUT2D eigenvalue weighted by Gasteiger charge is -2.31. The molecule has 0 radical (unpaired) electrons. The smallest absolute Gasteiger partial charge is 0.241 e. The molecule has 114 valence electrons. The third kappa shape index (κ3) is 3.40. The monoisotopic (exact) mass is 290 g/mol. The standard InChI is InChI=1S/C16H22N2O3/c1-12-3-2-6-18(11-12)16(19)10-17-13-4-5-14-15(9-13)21-8-7-20-14/h4-5,9,12,17H,2-3,6-8,10-11H2,1H3/t12-/m1/s1. The van der Waals surface area contributed by atoms with Crippen LogP contribution in [-0.2, 0) is 4.79 Å². The molecule has 1 aromatic carbocycles. The van der Waals surface area contributed by atoms with Crippen LogP contribution in [0.25, 0.3) is 0 Å². The predicted molar refractivity (Wildman–Crippen MR) is 80.9 cm³/mol. The molecule has 0 saturated carbocycles. The average Bonchev–Trinajstić information content (AvgIpc) is 2.52. The molecule has 2 aliphatic heterocycles. The lowest BCUT2D eigenvalue weighted by atomic mass is 10.0. The first-order valence-electron chi connectivity index (χ1n) is 7.63.